The molecule has 1 heterocycles. The first kappa shape index (κ1) is 13.3. The highest BCUT2D eigenvalue weighted by atomic mass is 16.2. The van der Waals surface area contributed by atoms with Gasteiger partial charge in [0.15, 0.2) is 0 Å². The average molecular weight is 233 g/mol. The van der Waals surface area contributed by atoms with Crippen molar-refractivity contribution in [2.24, 2.45) is 12.9 Å². The monoisotopic (exact) mass is 233 g/mol. The van der Waals surface area contributed by atoms with Crippen LogP contribution in [0.4, 0.5) is 0 Å². The van der Waals surface area contributed by atoms with Crippen molar-refractivity contribution in [1.29, 1.82) is 0 Å². The number of carbonyl (C=O) groups excluding carboxylic acids is 1. The molecule has 2 rings (SSSR count). The first-order valence-corrected chi connectivity index (χ1v) is 5.71. The van der Waals surface area contributed by atoms with Crippen molar-refractivity contribution in [3.8, 4) is 0 Å². The second-order valence-corrected chi connectivity index (χ2v) is 3.52. The molecule has 0 aliphatic heterocycles. The van der Waals surface area contributed by atoms with Crippen molar-refractivity contribution in [3.05, 3.63) is 35.5 Å². The van der Waals surface area contributed by atoms with Gasteiger partial charge in [-0.05, 0) is 18.6 Å². The number of nitrogens with one attached hydrogen (secondary N) is 1. The second kappa shape index (κ2) is 5.50. The van der Waals surface area contributed by atoms with Crippen LogP contribution in [0.15, 0.2) is 24.3 Å². The number of nitrogens with two attached hydrogens (primary N) is 1. The van der Waals surface area contributed by atoms with E-state index >= 15 is 0 Å². The van der Waals surface area contributed by atoms with Crippen molar-refractivity contribution >= 4 is 16.8 Å². The number of amides is 1. The number of hydrogen-bond donors (Lipinski definition) is 2. The molecule has 4 heteroatoms. The number of nitrogens with zero attached hydrogens (tertiary/aromatic N) is 1. The lowest BCUT2D eigenvalue weighted by Gasteiger charge is -2.02. The molecule has 1 aromatic carbocycles. The summed E-state index contributed by atoms with van der Waals surface area (Å²) in [4.78, 5) is 11.6. The molecular formula is C13H19N3O. The molecule has 3 N–H and O–H groups in total. The van der Waals surface area contributed by atoms with E-state index in [-0.39, 0.29) is 5.91 Å². The number of nitrogen functional groups attached to an aromatic ring is 1. The Morgan fingerprint density at radius 1 is 1.29 bits per heavy atom. The van der Waals surface area contributed by atoms with Gasteiger partial charge in [0.25, 0.3) is 5.91 Å². The summed E-state index contributed by atoms with van der Waals surface area (Å²) in [6.07, 6.45) is 0. The predicted octanol–water partition coefficient (Wildman–Crippen LogP) is 2.12. The van der Waals surface area contributed by atoms with Gasteiger partial charge in [0.1, 0.15) is 5.69 Å². The number of aromatic nitrogens is 1. The molecule has 0 aliphatic rings. The molecule has 17 heavy (non-hydrogen) atoms. The standard InChI is InChI=1S/C11H13N3O.C2H6/c1-7-8-5-3-4-6-9(8)14(2)10(7)11(15)13-12;1-2/h3-6H,12H2,1-2H3,(H,13,15);1-2H3. The molecule has 0 spiro atoms. The summed E-state index contributed by atoms with van der Waals surface area (Å²) in [5.41, 5.74) is 4.76. The van der Waals surface area contributed by atoms with Gasteiger partial charge in [0.05, 0.1) is 0 Å². The van der Waals surface area contributed by atoms with E-state index in [4.69, 9.17) is 5.84 Å². The summed E-state index contributed by atoms with van der Waals surface area (Å²) in [5.74, 6) is 4.89. The van der Waals surface area contributed by atoms with Gasteiger partial charge in [-0.25, -0.2) is 5.84 Å². The summed E-state index contributed by atoms with van der Waals surface area (Å²) in [5, 5.41) is 1.08. The molecule has 0 saturated carbocycles. The molecule has 92 valence electrons. The topological polar surface area (TPSA) is 60.1 Å². The second-order valence-electron chi connectivity index (χ2n) is 3.52. The lowest BCUT2D eigenvalue weighted by molar-refractivity contribution is 0.0945. The van der Waals surface area contributed by atoms with Crippen molar-refractivity contribution < 1.29 is 4.79 Å². The van der Waals surface area contributed by atoms with Gasteiger partial charge < -0.3 is 4.57 Å². The normalized spacial score (nSPS) is 9.71. The Bertz CT molecular complexity index is 490. The third-order valence-corrected chi connectivity index (χ3v) is 2.71. The van der Waals surface area contributed by atoms with Crippen molar-refractivity contribution in [1.82, 2.24) is 9.99 Å². The van der Waals surface area contributed by atoms with E-state index < -0.39 is 0 Å². The molecule has 0 saturated heterocycles. The van der Waals surface area contributed by atoms with Gasteiger partial charge in [0, 0.05) is 18.0 Å². The fourth-order valence-corrected chi connectivity index (χ4v) is 1.97. The Morgan fingerprint density at radius 3 is 2.41 bits per heavy atom. The van der Waals surface area contributed by atoms with E-state index in [2.05, 4.69) is 5.43 Å². The molecule has 0 bridgehead atoms. The van der Waals surface area contributed by atoms with Gasteiger partial charge in [-0.1, -0.05) is 32.0 Å². The van der Waals surface area contributed by atoms with E-state index in [1.165, 1.54) is 0 Å². The summed E-state index contributed by atoms with van der Waals surface area (Å²) < 4.78 is 1.85. The van der Waals surface area contributed by atoms with Crippen LogP contribution in [0.5, 0.6) is 0 Å². The Morgan fingerprint density at radius 2 is 1.88 bits per heavy atom. The SMILES string of the molecule is CC.Cc1c(C(=O)NN)n(C)c2ccccc12. The van der Waals surface area contributed by atoms with Gasteiger partial charge >= 0.3 is 0 Å². The minimum Gasteiger partial charge on any atom is -0.339 e. The highest BCUT2D eigenvalue weighted by molar-refractivity contribution is 6.01. The minimum atomic E-state index is -0.258. The zero-order valence-electron chi connectivity index (χ0n) is 10.7. The van der Waals surface area contributed by atoms with E-state index in [0.717, 1.165) is 16.5 Å². The molecule has 4 nitrogen and oxygen atoms in total. The maximum Gasteiger partial charge on any atom is 0.282 e. The summed E-state index contributed by atoms with van der Waals surface area (Å²) in [6.45, 7) is 5.92. The Kier molecular flexibility index (Phi) is 4.29. The highest BCUT2D eigenvalue weighted by Gasteiger charge is 2.16. The van der Waals surface area contributed by atoms with Crippen LogP contribution in [0.2, 0.25) is 0 Å². The molecule has 0 aliphatic carbocycles. The van der Waals surface area contributed by atoms with Crippen LogP contribution in [0.3, 0.4) is 0 Å². The predicted molar refractivity (Wildman–Crippen MR) is 70.7 cm³/mol. The van der Waals surface area contributed by atoms with Crippen molar-refractivity contribution in [3.63, 3.8) is 0 Å². The number of fused-ring (bicyclic) bond motifs is 1. The van der Waals surface area contributed by atoms with Crippen LogP contribution in [0, 0.1) is 6.92 Å². The Hall–Kier alpha value is -1.81. The van der Waals surface area contributed by atoms with Crippen LogP contribution in [-0.4, -0.2) is 10.5 Å². The summed E-state index contributed by atoms with van der Waals surface area (Å²) >= 11 is 0. The zero-order valence-corrected chi connectivity index (χ0v) is 10.7. The molecule has 1 aromatic heterocycles. The molecule has 0 fully saturated rings. The third-order valence-electron chi connectivity index (χ3n) is 2.71. The lowest BCUT2D eigenvalue weighted by Crippen LogP contribution is -2.31. The third kappa shape index (κ3) is 2.17. The number of rotatable bonds is 1. The fourth-order valence-electron chi connectivity index (χ4n) is 1.97. The maximum atomic E-state index is 11.6. The fraction of sp³-hybridized carbons (Fsp3) is 0.308. The Balaban J connectivity index is 0.000000686. The first-order valence-electron chi connectivity index (χ1n) is 5.71. The van der Waals surface area contributed by atoms with E-state index in [1.807, 2.05) is 56.7 Å². The van der Waals surface area contributed by atoms with Crippen LogP contribution >= 0.6 is 0 Å². The number of hydrogen-bond acceptors (Lipinski definition) is 2. The van der Waals surface area contributed by atoms with Crippen molar-refractivity contribution in [2.45, 2.75) is 20.8 Å². The molecule has 1 amide bonds. The molecular weight excluding hydrogens is 214 g/mol. The molecule has 0 radical (unpaired) electrons. The lowest BCUT2D eigenvalue weighted by atomic mass is 10.1. The number of benzene rings is 1. The Labute approximate surface area is 101 Å². The number of hydrazine groups is 1. The molecule has 2 aromatic rings. The first-order chi connectivity index (χ1) is 8.16. The maximum absolute atomic E-state index is 11.6. The van der Waals surface area contributed by atoms with Gasteiger partial charge in [-0.2, -0.15) is 0 Å². The molecule has 0 unspecified atom stereocenters. The van der Waals surface area contributed by atoms with Crippen LogP contribution in [0.1, 0.15) is 29.9 Å². The number of aryl methyl sites for hydroxylation is 2. The van der Waals surface area contributed by atoms with Crippen LogP contribution < -0.4 is 11.3 Å². The summed E-state index contributed by atoms with van der Waals surface area (Å²) in [7, 11) is 1.86. The van der Waals surface area contributed by atoms with E-state index in [9.17, 15) is 4.79 Å². The number of carbonyl (C=O) groups is 1. The van der Waals surface area contributed by atoms with Gasteiger partial charge in [0.2, 0.25) is 0 Å². The van der Waals surface area contributed by atoms with E-state index in [0.29, 0.717) is 5.69 Å². The van der Waals surface area contributed by atoms with E-state index in [1.54, 1.807) is 0 Å². The number of para-hydroxylation sites is 1. The summed E-state index contributed by atoms with van der Waals surface area (Å²) in [6, 6.07) is 7.89. The van der Waals surface area contributed by atoms with Gasteiger partial charge in [-0.3, -0.25) is 10.2 Å². The smallest absolute Gasteiger partial charge is 0.282 e. The minimum absolute atomic E-state index is 0.258. The average Bonchev–Trinajstić information content (AvgIpc) is 2.64. The molecule has 0 atom stereocenters. The van der Waals surface area contributed by atoms with Crippen LogP contribution in [0.25, 0.3) is 10.9 Å². The largest absolute Gasteiger partial charge is 0.339 e. The van der Waals surface area contributed by atoms with Crippen LogP contribution in [-0.2, 0) is 7.05 Å². The quantitative estimate of drug-likeness (QED) is 0.450. The zero-order chi connectivity index (χ0) is 13.0. The highest BCUT2D eigenvalue weighted by Crippen LogP contribution is 2.23. The van der Waals surface area contributed by atoms with Crippen molar-refractivity contribution in [2.75, 3.05) is 0 Å². The van der Waals surface area contributed by atoms with Gasteiger partial charge in [-0.15, -0.1) is 0 Å².